The molecule has 2 aromatic rings. The number of methoxy groups -OCH3 is 1. The fraction of sp³-hybridized carbons (Fsp3) is 0.357. The highest BCUT2D eigenvalue weighted by Gasteiger charge is 2.26. The van der Waals surface area contributed by atoms with Gasteiger partial charge < -0.3 is 9.30 Å². The summed E-state index contributed by atoms with van der Waals surface area (Å²) in [6, 6.07) is 10.5. The van der Waals surface area contributed by atoms with Gasteiger partial charge in [-0.2, -0.15) is 0 Å². The number of carbonyl (C=O) groups is 1. The van der Waals surface area contributed by atoms with Crippen LogP contribution < -0.4 is 0 Å². The first-order chi connectivity index (χ1) is 8.29. The number of rotatable bonds is 1. The van der Waals surface area contributed by atoms with Crippen LogP contribution in [0.25, 0.3) is 10.9 Å². The van der Waals surface area contributed by atoms with Gasteiger partial charge in [0.15, 0.2) is 0 Å². The molecule has 1 atom stereocenters. The van der Waals surface area contributed by atoms with Gasteiger partial charge in [0.25, 0.3) is 0 Å². The van der Waals surface area contributed by atoms with Crippen molar-refractivity contribution in [2.75, 3.05) is 7.11 Å². The fourth-order valence-electron chi connectivity index (χ4n) is 2.71. The number of aryl methyl sites for hydroxylation is 1. The molecule has 1 aliphatic rings. The zero-order chi connectivity index (χ0) is 11.8. The van der Waals surface area contributed by atoms with Crippen LogP contribution in [-0.4, -0.2) is 17.6 Å². The van der Waals surface area contributed by atoms with Gasteiger partial charge in [0.2, 0.25) is 0 Å². The van der Waals surface area contributed by atoms with Crippen molar-refractivity contribution >= 4 is 16.9 Å². The summed E-state index contributed by atoms with van der Waals surface area (Å²) < 4.78 is 7.14. The Labute approximate surface area is 100.0 Å². The highest BCUT2D eigenvalue weighted by Crippen LogP contribution is 2.28. The lowest BCUT2D eigenvalue weighted by atomic mass is 9.96. The number of hydrogen-bond donors (Lipinski definition) is 0. The molecule has 3 rings (SSSR count). The van der Waals surface area contributed by atoms with Crippen LogP contribution >= 0.6 is 0 Å². The minimum Gasteiger partial charge on any atom is -0.469 e. The van der Waals surface area contributed by atoms with Gasteiger partial charge >= 0.3 is 5.97 Å². The topological polar surface area (TPSA) is 31.2 Å². The predicted molar refractivity (Wildman–Crippen MR) is 65.8 cm³/mol. The first-order valence-electron chi connectivity index (χ1n) is 5.94. The van der Waals surface area contributed by atoms with E-state index in [-0.39, 0.29) is 11.9 Å². The summed E-state index contributed by atoms with van der Waals surface area (Å²) in [6.45, 7) is 0.905. The molecule has 0 fully saturated rings. The van der Waals surface area contributed by atoms with Gasteiger partial charge in [-0.15, -0.1) is 0 Å². The molecular weight excluding hydrogens is 214 g/mol. The molecule has 17 heavy (non-hydrogen) atoms. The Hall–Kier alpha value is -1.77. The largest absolute Gasteiger partial charge is 0.469 e. The van der Waals surface area contributed by atoms with Gasteiger partial charge in [0.1, 0.15) is 0 Å². The van der Waals surface area contributed by atoms with Crippen molar-refractivity contribution in [3.05, 3.63) is 36.0 Å². The van der Waals surface area contributed by atoms with Crippen molar-refractivity contribution in [2.45, 2.75) is 19.4 Å². The van der Waals surface area contributed by atoms with Gasteiger partial charge in [-0.3, -0.25) is 4.79 Å². The third kappa shape index (κ3) is 1.62. The van der Waals surface area contributed by atoms with Crippen molar-refractivity contribution < 1.29 is 9.53 Å². The molecule has 0 spiro atoms. The van der Waals surface area contributed by atoms with Gasteiger partial charge in [0.05, 0.1) is 13.0 Å². The van der Waals surface area contributed by atoms with Gasteiger partial charge in [-0.25, -0.2) is 0 Å². The molecule has 88 valence electrons. The van der Waals surface area contributed by atoms with Crippen LogP contribution in [0.2, 0.25) is 0 Å². The summed E-state index contributed by atoms with van der Waals surface area (Å²) >= 11 is 0. The number of hydrogen-bond acceptors (Lipinski definition) is 2. The molecule has 1 unspecified atom stereocenters. The quantitative estimate of drug-likeness (QED) is 0.703. The first kappa shape index (κ1) is 10.4. The van der Waals surface area contributed by atoms with E-state index in [1.165, 1.54) is 23.7 Å². The van der Waals surface area contributed by atoms with E-state index in [0.29, 0.717) is 0 Å². The van der Waals surface area contributed by atoms with Crippen molar-refractivity contribution in [1.29, 1.82) is 0 Å². The average Bonchev–Trinajstić information content (AvgIpc) is 2.75. The summed E-state index contributed by atoms with van der Waals surface area (Å²) in [5.41, 5.74) is 2.51. The van der Waals surface area contributed by atoms with Crippen LogP contribution in [0.3, 0.4) is 0 Å². The Bertz CT molecular complexity index is 571. The second-order valence-corrected chi connectivity index (χ2v) is 4.56. The van der Waals surface area contributed by atoms with E-state index in [1.807, 2.05) is 6.07 Å². The van der Waals surface area contributed by atoms with Gasteiger partial charge in [0, 0.05) is 24.2 Å². The number of benzene rings is 1. The summed E-state index contributed by atoms with van der Waals surface area (Å²) in [6.07, 6.45) is 1.67. The van der Waals surface area contributed by atoms with E-state index in [2.05, 4.69) is 28.8 Å². The molecule has 3 nitrogen and oxygen atoms in total. The number of nitrogens with zero attached hydrogens (tertiary/aromatic N) is 1. The zero-order valence-corrected chi connectivity index (χ0v) is 9.85. The molecule has 0 radical (unpaired) electrons. The zero-order valence-electron chi connectivity index (χ0n) is 9.85. The number of esters is 1. The summed E-state index contributed by atoms with van der Waals surface area (Å²) in [4.78, 5) is 11.6. The minimum absolute atomic E-state index is 0.0248. The maximum absolute atomic E-state index is 11.6. The third-order valence-electron chi connectivity index (χ3n) is 3.59. The van der Waals surface area contributed by atoms with E-state index in [0.717, 1.165) is 19.4 Å². The third-order valence-corrected chi connectivity index (χ3v) is 3.59. The van der Waals surface area contributed by atoms with Crippen LogP contribution in [0.5, 0.6) is 0 Å². The van der Waals surface area contributed by atoms with Crippen molar-refractivity contribution in [1.82, 2.24) is 4.57 Å². The van der Waals surface area contributed by atoms with E-state index < -0.39 is 0 Å². The molecule has 1 aliphatic heterocycles. The predicted octanol–water partition coefficient (Wildman–Crippen LogP) is 2.38. The number of aromatic nitrogens is 1. The highest BCUT2D eigenvalue weighted by atomic mass is 16.5. The highest BCUT2D eigenvalue weighted by molar-refractivity contribution is 5.82. The Morgan fingerprint density at radius 3 is 3.06 bits per heavy atom. The molecule has 1 aromatic carbocycles. The summed E-state index contributed by atoms with van der Waals surface area (Å²) in [7, 11) is 1.46. The smallest absolute Gasteiger partial charge is 0.309 e. The number of fused-ring (bicyclic) bond motifs is 3. The van der Waals surface area contributed by atoms with Crippen LogP contribution in [0.4, 0.5) is 0 Å². The Balaban J connectivity index is 2.00. The molecule has 0 saturated heterocycles. The molecule has 3 heteroatoms. The molecular formula is C14H15NO2. The number of ether oxygens (including phenoxy) is 1. The van der Waals surface area contributed by atoms with Crippen LogP contribution in [0.15, 0.2) is 30.3 Å². The Morgan fingerprint density at radius 1 is 1.41 bits per heavy atom. The van der Waals surface area contributed by atoms with Crippen molar-refractivity contribution in [3.63, 3.8) is 0 Å². The van der Waals surface area contributed by atoms with E-state index in [9.17, 15) is 4.79 Å². The molecule has 0 saturated carbocycles. The second kappa shape index (κ2) is 3.91. The maximum Gasteiger partial charge on any atom is 0.309 e. The molecule has 0 N–H and O–H groups in total. The molecule has 1 aromatic heterocycles. The van der Waals surface area contributed by atoms with E-state index in [1.54, 1.807) is 0 Å². The number of para-hydroxylation sites is 1. The van der Waals surface area contributed by atoms with Gasteiger partial charge in [-0.1, -0.05) is 18.2 Å². The summed E-state index contributed by atoms with van der Waals surface area (Å²) in [5, 5.41) is 1.26. The SMILES string of the molecule is COC(=O)C1CCn2c(cc3ccccc32)C1. The van der Waals surface area contributed by atoms with E-state index in [4.69, 9.17) is 4.74 Å². The fourth-order valence-corrected chi connectivity index (χ4v) is 2.71. The monoisotopic (exact) mass is 229 g/mol. The Morgan fingerprint density at radius 2 is 2.24 bits per heavy atom. The molecule has 2 heterocycles. The molecule has 0 bridgehead atoms. The maximum atomic E-state index is 11.6. The van der Waals surface area contributed by atoms with Crippen LogP contribution in [-0.2, 0) is 22.5 Å². The summed E-state index contributed by atoms with van der Waals surface area (Å²) in [5.74, 6) is -0.0571. The normalized spacial score (nSPS) is 19.0. The lowest BCUT2D eigenvalue weighted by molar-refractivity contribution is -0.146. The second-order valence-electron chi connectivity index (χ2n) is 4.56. The minimum atomic E-state index is -0.0819. The number of carbonyl (C=O) groups excluding carboxylic acids is 1. The first-order valence-corrected chi connectivity index (χ1v) is 5.94. The van der Waals surface area contributed by atoms with Crippen LogP contribution in [0, 0.1) is 5.92 Å². The average molecular weight is 229 g/mol. The van der Waals surface area contributed by atoms with Crippen molar-refractivity contribution in [2.24, 2.45) is 5.92 Å². The van der Waals surface area contributed by atoms with Crippen LogP contribution in [0.1, 0.15) is 12.1 Å². The van der Waals surface area contributed by atoms with Gasteiger partial charge in [-0.05, 0) is 23.9 Å². The van der Waals surface area contributed by atoms with E-state index >= 15 is 0 Å². The lowest BCUT2D eigenvalue weighted by Gasteiger charge is -2.22. The molecule has 0 amide bonds. The standard InChI is InChI=1S/C14H15NO2/c1-17-14(16)11-6-7-15-12(9-11)8-10-4-2-3-5-13(10)15/h2-5,8,11H,6-7,9H2,1H3. The lowest BCUT2D eigenvalue weighted by Crippen LogP contribution is -2.26. The molecule has 0 aliphatic carbocycles. The van der Waals surface area contributed by atoms with Crippen molar-refractivity contribution in [3.8, 4) is 0 Å². The Kier molecular flexibility index (Phi) is 2.39.